The minimum atomic E-state index is -0.855. The van der Waals surface area contributed by atoms with Crippen LogP contribution in [-0.4, -0.2) is 23.7 Å². The van der Waals surface area contributed by atoms with Gasteiger partial charge >= 0.3 is 0 Å². The van der Waals surface area contributed by atoms with Crippen LogP contribution in [0, 0.1) is 6.92 Å². The third kappa shape index (κ3) is 1.93. The number of carbonyl (C=O) groups excluding carboxylic acids is 1. The first kappa shape index (κ1) is 11.8. The fourth-order valence-corrected chi connectivity index (χ4v) is 2.73. The van der Waals surface area contributed by atoms with Crippen molar-refractivity contribution in [1.29, 1.82) is 0 Å². The maximum atomic E-state index is 11.7. The first-order valence-corrected chi connectivity index (χ1v) is 6.67. The Hall–Kier alpha value is -0.710. The Bertz CT molecular complexity index is 424. The molecule has 5 heteroatoms. The highest BCUT2D eigenvalue weighted by Crippen LogP contribution is 2.33. The van der Waals surface area contributed by atoms with E-state index in [2.05, 4.69) is 0 Å². The van der Waals surface area contributed by atoms with Gasteiger partial charge in [-0.1, -0.05) is 6.07 Å². The van der Waals surface area contributed by atoms with Gasteiger partial charge in [0, 0.05) is 23.5 Å². The summed E-state index contributed by atoms with van der Waals surface area (Å²) in [6, 6.07) is 5.65. The second kappa shape index (κ2) is 4.65. The average molecular weight is 258 g/mol. The van der Waals surface area contributed by atoms with E-state index < -0.39 is 6.10 Å². The molecule has 1 heterocycles. The fraction of sp³-hybridized carbons (Fsp3) is 0.364. The van der Waals surface area contributed by atoms with Crippen molar-refractivity contribution in [3.8, 4) is 0 Å². The molecule has 1 aliphatic heterocycles. The molecule has 1 fully saturated rings. The van der Waals surface area contributed by atoms with Gasteiger partial charge in [0.2, 0.25) is 0 Å². The first-order valence-electron chi connectivity index (χ1n) is 5.03. The molecular weight excluding hydrogens is 246 g/mol. The van der Waals surface area contributed by atoms with E-state index in [0.717, 1.165) is 27.1 Å². The van der Waals surface area contributed by atoms with Crippen LogP contribution < -0.4 is 4.90 Å². The van der Waals surface area contributed by atoms with E-state index in [0.29, 0.717) is 13.0 Å². The standard InChI is InChI=1S/C11H12ClNO2S/c1-7-8(3-2-4-10(7)16-12)13-6-5-9(14)11(13)15/h2-4,9,14H,5-6H2,1H3. The number of hydrogen-bond donors (Lipinski definition) is 1. The summed E-state index contributed by atoms with van der Waals surface area (Å²) in [7, 11) is 6.88. The Kier molecular flexibility index (Phi) is 3.42. The number of nitrogens with zero attached hydrogens (tertiary/aromatic N) is 1. The summed E-state index contributed by atoms with van der Waals surface area (Å²) in [5.41, 5.74) is 1.82. The molecule has 0 spiro atoms. The number of rotatable bonds is 2. The largest absolute Gasteiger partial charge is 0.383 e. The number of aliphatic hydroxyl groups excluding tert-OH is 1. The molecule has 0 aliphatic carbocycles. The van der Waals surface area contributed by atoms with Crippen molar-refractivity contribution in [3.63, 3.8) is 0 Å². The maximum absolute atomic E-state index is 11.7. The van der Waals surface area contributed by atoms with Crippen molar-refractivity contribution in [2.45, 2.75) is 24.3 Å². The van der Waals surface area contributed by atoms with Gasteiger partial charge in [0.1, 0.15) is 6.10 Å². The molecule has 1 aromatic rings. The topological polar surface area (TPSA) is 40.5 Å². The van der Waals surface area contributed by atoms with E-state index >= 15 is 0 Å². The van der Waals surface area contributed by atoms with Gasteiger partial charge in [-0.25, -0.2) is 0 Å². The van der Waals surface area contributed by atoms with E-state index in [4.69, 9.17) is 10.7 Å². The molecular formula is C11H12ClNO2S. The lowest BCUT2D eigenvalue weighted by atomic mass is 10.2. The van der Waals surface area contributed by atoms with Crippen molar-refractivity contribution < 1.29 is 9.90 Å². The van der Waals surface area contributed by atoms with Crippen molar-refractivity contribution in [2.24, 2.45) is 0 Å². The predicted molar refractivity (Wildman–Crippen MR) is 65.9 cm³/mol. The summed E-state index contributed by atoms with van der Waals surface area (Å²) < 4.78 is 0. The van der Waals surface area contributed by atoms with Gasteiger partial charge in [-0.05, 0) is 46.3 Å². The Morgan fingerprint density at radius 1 is 1.56 bits per heavy atom. The highest BCUT2D eigenvalue weighted by atomic mass is 35.7. The lowest BCUT2D eigenvalue weighted by molar-refractivity contribution is -0.124. The smallest absolute Gasteiger partial charge is 0.255 e. The predicted octanol–water partition coefficient (Wildman–Crippen LogP) is 2.34. The third-order valence-corrected chi connectivity index (χ3v) is 3.91. The van der Waals surface area contributed by atoms with E-state index in [1.165, 1.54) is 0 Å². The zero-order valence-corrected chi connectivity index (χ0v) is 10.4. The molecule has 1 aliphatic rings. The van der Waals surface area contributed by atoms with Crippen molar-refractivity contribution >= 4 is 33.3 Å². The van der Waals surface area contributed by atoms with Gasteiger partial charge in [0.05, 0.1) is 0 Å². The monoisotopic (exact) mass is 257 g/mol. The Morgan fingerprint density at radius 2 is 2.31 bits per heavy atom. The summed E-state index contributed by atoms with van der Waals surface area (Å²) in [5.74, 6) is -0.222. The minimum Gasteiger partial charge on any atom is -0.383 e. The molecule has 1 saturated heterocycles. The summed E-state index contributed by atoms with van der Waals surface area (Å²) in [6.45, 7) is 2.50. The van der Waals surface area contributed by atoms with Crippen molar-refractivity contribution in [1.82, 2.24) is 0 Å². The van der Waals surface area contributed by atoms with Crippen LogP contribution in [0.15, 0.2) is 23.1 Å². The SMILES string of the molecule is Cc1c(SCl)cccc1N1CCC(O)C1=O. The van der Waals surface area contributed by atoms with Gasteiger partial charge in [0.15, 0.2) is 0 Å². The van der Waals surface area contributed by atoms with Crippen molar-refractivity contribution in [3.05, 3.63) is 23.8 Å². The van der Waals surface area contributed by atoms with E-state index in [1.54, 1.807) is 4.90 Å². The summed E-state index contributed by atoms with van der Waals surface area (Å²) in [5, 5.41) is 9.42. The second-order valence-corrected chi connectivity index (χ2v) is 4.83. The number of benzene rings is 1. The van der Waals surface area contributed by atoms with Crippen LogP contribution in [-0.2, 0) is 4.79 Å². The number of hydrogen-bond acceptors (Lipinski definition) is 3. The molecule has 3 nitrogen and oxygen atoms in total. The van der Waals surface area contributed by atoms with Crippen LogP contribution in [0.2, 0.25) is 0 Å². The summed E-state index contributed by atoms with van der Waals surface area (Å²) in [6.07, 6.45) is -0.358. The number of aliphatic hydroxyl groups is 1. The molecule has 1 atom stereocenters. The van der Waals surface area contributed by atoms with Gasteiger partial charge in [-0.3, -0.25) is 4.79 Å². The molecule has 86 valence electrons. The van der Waals surface area contributed by atoms with E-state index in [-0.39, 0.29) is 5.91 Å². The van der Waals surface area contributed by atoms with Gasteiger partial charge in [0.25, 0.3) is 5.91 Å². The zero-order valence-electron chi connectivity index (χ0n) is 8.81. The van der Waals surface area contributed by atoms with Crippen LogP contribution in [0.4, 0.5) is 5.69 Å². The number of halogens is 1. The average Bonchev–Trinajstić information content (AvgIpc) is 2.61. The van der Waals surface area contributed by atoms with Gasteiger partial charge in [-0.15, -0.1) is 0 Å². The van der Waals surface area contributed by atoms with Crippen LogP contribution in [0.25, 0.3) is 0 Å². The number of amides is 1. The third-order valence-electron chi connectivity index (χ3n) is 2.81. The van der Waals surface area contributed by atoms with Crippen LogP contribution in [0.5, 0.6) is 0 Å². The quantitative estimate of drug-likeness (QED) is 0.884. The molecule has 16 heavy (non-hydrogen) atoms. The lowest BCUT2D eigenvalue weighted by Crippen LogP contribution is -2.29. The van der Waals surface area contributed by atoms with Crippen molar-refractivity contribution in [2.75, 3.05) is 11.4 Å². The normalized spacial score (nSPS) is 20.6. The Labute approximate surface area is 103 Å². The molecule has 1 unspecified atom stereocenters. The summed E-state index contributed by atoms with van der Waals surface area (Å²) in [4.78, 5) is 14.3. The zero-order chi connectivity index (χ0) is 11.7. The molecule has 2 rings (SSSR count). The molecule has 0 radical (unpaired) electrons. The van der Waals surface area contributed by atoms with Crippen LogP contribution in [0.3, 0.4) is 0 Å². The second-order valence-electron chi connectivity index (χ2n) is 3.77. The van der Waals surface area contributed by atoms with Crippen LogP contribution >= 0.6 is 21.7 Å². The molecule has 1 N–H and O–H groups in total. The van der Waals surface area contributed by atoms with E-state index in [9.17, 15) is 9.90 Å². The maximum Gasteiger partial charge on any atom is 0.255 e. The summed E-state index contributed by atoms with van der Waals surface area (Å²) >= 11 is 0. The minimum absolute atomic E-state index is 0.222. The molecule has 1 amide bonds. The highest BCUT2D eigenvalue weighted by Gasteiger charge is 2.31. The Morgan fingerprint density at radius 3 is 2.88 bits per heavy atom. The number of anilines is 1. The van der Waals surface area contributed by atoms with Gasteiger partial charge < -0.3 is 10.0 Å². The molecule has 0 saturated carbocycles. The number of carbonyl (C=O) groups is 1. The first-order chi connectivity index (χ1) is 7.65. The Balaban J connectivity index is 2.38. The molecule has 0 aromatic heterocycles. The fourth-order valence-electron chi connectivity index (χ4n) is 1.88. The lowest BCUT2D eigenvalue weighted by Gasteiger charge is -2.19. The van der Waals surface area contributed by atoms with Gasteiger partial charge in [-0.2, -0.15) is 0 Å². The highest BCUT2D eigenvalue weighted by molar-refractivity contribution is 8.21. The van der Waals surface area contributed by atoms with E-state index in [1.807, 2.05) is 25.1 Å². The van der Waals surface area contributed by atoms with Crippen LogP contribution in [0.1, 0.15) is 12.0 Å². The molecule has 1 aromatic carbocycles. The molecule has 0 bridgehead atoms.